The average molecular weight is 451 g/mol. The van der Waals surface area contributed by atoms with Gasteiger partial charge in [-0.25, -0.2) is 9.98 Å². The summed E-state index contributed by atoms with van der Waals surface area (Å²) < 4.78 is 0. The summed E-state index contributed by atoms with van der Waals surface area (Å²) in [6.07, 6.45) is 2.61. The molecule has 4 nitrogen and oxygen atoms in total. The van der Waals surface area contributed by atoms with Crippen LogP contribution in [0, 0.1) is 20.8 Å². The summed E-state index contributed by atoms with van der Waals surface area (Å²) in [5.41, 5.74) is 7.56. The second kappa shape index (κ2) is 11.3. The molecule has 0 fully saturated rings. The highest BCUT2D eigenvalue weighted by molar-refractivity contribution is 7.10. The molecule has 156 valence electrons. The van der Waals surface area contributed by atoms with Gasteiger partial charge in [0.1, 0.15) is 0 Å². The average Bonchev–Trinajstić information content (AvgIpc) is 3.12. The van der Waals surface area contributed by atoms with Gasteiger partial charge in [-0.15, -0.1) is 36.2 Å². The number of rotatable bonds is 6. The van der Waals surface area contributed by atoms with Crippen LogP contribution in [0.3, 0.4) is 0 Å². The molecule has 0 saturated carbocycles. The minimum absolute atomic E-state index is 0. The molecule has 0 atom stereocenters. The van der Waals surface area contributed by atoms with Crippen LogP contribution < -0.4 is 0 Å². The Balaban J connectivity index is 0.00000210. The minimum Gasteiger partial charge on any atom is -0.366 e. The van der Waals surface area contributed by atoms with Gasteiger partial charge in [0.15, 0.2) is 0 Å². The van der Waals surface area contributed by atoms with E-state index in [0.29, 0.717) is 0 Å². The molecular weight excluding hydrogens is 423 g/mol. The van der Waals surface area contributed by atoms with E-state index in [1.54, 1.807) is 11.3 Å². The van der Waals surface area contributed by atoms with Gasteiger partial charge >= 0.3 is 0 Å². The van der Waals surface area contributed by atoms with E-state index in [4.69, 9.17) is 9.97 Å². The lowest BCUT2D eigenvalue weighted by atomic mass is 10.1. The number of halogens is 2. The van der Waals surface area contributed by atoms with E-state index in [0.717, 1.165) is 51.9 Å². The fraction of sp³-hybridized carbons (Fsp3) is 0.318. The van der Waals surface area contributed by atoms with Gasteiger partial charge in [-0.1, -0.05) is 29.8 Å². The Hall–Kier alpha value is -1.95. The number of thiazole rings is 1. The van der Waals surface area contributed by atoms with Gasteiger partial charge in [0.25, 0.3) is 0 Å². The van der Waals surface area contributed by atoms with Crippen molar-refractivity contribution in [1.29, 1.82) is 0 Å². The van der Waals surface area contributed by atoms with Crippen molar-refractivity contribution < 1.29 is 0 Å². The van der Waals surface area contributed by atoms with Crippen LogP contribution in [-0.2, 0) is 6.42 Å². The first-order chi connectivity index (χ1) is 13.0. The lowest BCUT2D eigenvalue weighted by Crippen LogP contribution is -2.14. The Morgan fingerprint density at radius 2 is 1.76 bits per heavy atom. The third-order valence-electron chi connectivity index (χ3n) is 4.59. The summed E-state index contributed by atoms with van der Waals surface area (Å²) >= 11 is 1.69. The third-order valence-corrected chi connectivity index (χ3v) is 5.44. The Bertz CT molecular complexity index is 952. The maximum absolute atomic E-state index is 4.81. The summed E-state index contributed by atoms with van der Waals surface area (Å²) in [5.74, 6) is 0. The van der Waals surface area contributed by atoms with Crippen LogP contribution in [0.4, 0.5) is 5.69 Å². The van der Waals surface area contributed by atoms with Gasteiger partial charge in [-0.3, -0.25) is 4.98 Å². The van der Waals surface area contributed by atoms with Crippen molar-refractivity contribution in [2.24, 2.45) is 4.99 Å². The first kappa shape index (κ1) is 25.1. The SMILES string of the molecule is CCN(C)C=Nc1cc(C)c(Cc2nc(-c3ccc(C)cc3)cs2)nc1C.Cl.Cl. The van der Waals surface area contributed by atoms with E-state index in [2.05, 4.69) is 61.5 Å². The van der Waals surface area contributed by atoms with Crippen LogP contribution in [-0.4, -0.2) is 34.8 Å². The molecule has 7 heteroatoms. The zero-order chi connectivity index (χ0) is 19.4. The van der Waals surface area contributed by atoms with E-state index in [1.807, 2.05) is 25.2 Å². The van der Waals surface area contributed by atoms with Crippen molar-refractivity contribution >= 4 is 48.2 Å². The van der Waals surface area contributed by atoms with Gasteiger partial charge in [0.2, 0.25) is 0 Å². The van der Waals surface area contributed by atoms with Crippen LogP contribution in [0.25, 0.3) is 11.3 Å². The Morgan fingerprint density at radius 3 is 2.41 bits per heavy atom. The maximum Gasteiger partial charge on any atom is 0.0992 e. The molecule has 1 aromatic carbocycles. The fourth-order valence-electron chi connectivity index (χ4n) is 2.68. The predicted octanol–water partition coefficient (Wildman–Crippen LogP) is 6.18. The van der Waals surface area contributed by atoms with Crippen molar-refractivity contribution in [3.63, 3.8) is 0 Å². The zero-order valence-electron chi connectivity index (χ0n) is 17.5. The van der Waals surface area contributed by atoms with Crippen molar-refractivity contribution in [3.8, 4) is 11.3 Å². The summed E-state index contributed by atoms with van der Waals surface area (Å²) in [6.45, 7) is 9.24. The van der Waals surface area contributed by atoms with E-state index < -0.39 is 0 Å². The van der Waals surface area contributed by atoms with Gasteiger partial charge in [-0.2, -0.15) is 0 Å². The summed E-state index contributed by atoms with van der Waals surface area (Å²) in [7, 11) is 2.02. The standard InChI is InChI=1S/C22H26N4S.2ClH/c1-6-26(5)14-23-20-11-16(3)19(24-17(20)4)12-22-25-21(13-27-22)18-9-7-15(2)8-10-18;;/h7-11,13-14H,6,12H2,1-5H3;2*1H. The van der Waals surface area contributed by atoms with Gasteiger partial charge in [0, 0.05) is 31.0 Å². The van der Waals surface area contributed by atoms with Crippen molar-refractivity contribution in [2.45, 2.75) is 34.1 Å². The molecule has 3 rings (SSSR count). The number of aromatic nitrogens is 2. The molecule has 0 saturated heterocycles. The number of hydrogen-bond acceptors (Lipinski definition) is 4. The molecule has 29 heavy (non-hydrogen) atoms. The molecule has 0 spiro atoms. The van der Waals surface area contributed by atoms with Crippen LogP contribution >= 0.6 is 36.2 Å². The van der Waals surface area contributed by atoms with E-state index in [-0.39, 0.29) is 24.8 Å². The molecule has 0 aliphatic rings. The quantitative estimate of drug-likeness (QED) is 0.332. The fourth-order valence-corrected chi connectivity index (χ4v) is 3.49. The maximum atomic E-state index is 4.81. The van der Waals surface area contributed by atoms with Gasteiger partial charge in [0.05, 0.1) is 34.1 Å². The van der Waals surface area contributed by atoms with E-state index in [1.165, 1.54) is 5.56 Å². The first-order valence-electron chi connectivity index (χ1n) is 9.19. The largest absolute Gasteiger partial charge is 0.366 e. The number of aryl methyl sites for hydroxylation is 3. The molecular formula is C22H28Cl2N4S. The van der Waals surface area contributed by atoms with Gasteiger partial charge in [-0.05, 0) is 39.3 Å². The molecule has 0 unspecified atom stereocenters. The highest BCUT2D eigenvalue weighted by Crippen LogP contribution is 2.26. The number of aliphatic imine (C=N–C) groups is 1. The van der Waals surface area contributed by atoms with Crippen LogP contribution in [0.15, 0.2) is 40.7 Å². The molecule has 2 heterocycles. The van der Waals surface area contributed by atoms with Crippen LogP contribution in [0.5, 0.6) is 0 Å². The minimum atomic E-state index is 0. The van der Waals surface area contributed by atoms with Crippen molar-refractivity contribution in [2.75, 3.05) is 13.6 Å². The molecule has 3 aromatic rings. The first-order valence-corrected chi connectivity index (χ1v) is 10.1. The lowest BCUT2D eigenvalue weighted by molar-refractivity contribution is 0.552. The van der Waals surface area contributed by atoms with Crippen molar-refractivity contribution in [1.82, 2.24) is 14.9 Å². The highest BCUT2D eigenvalue weighted by Gasteiger charge is 2.10. The number of nitrogens with zero attached hydrogens (tertiary/aromatic N) is 4. The molecule has 0 bridgehead atoms. The van der Waals surface area contributed by atoms with Crippen LogP contribution in [0.2, 0.25) is 0 Å². The number of benzene rings is 1. The number of pyridine rings is 1. The molecule has 0 aliphatic carbocycles. The Kier molecular flexibility index (Phi) is 9.77. The Labute approximate surface area is 190 Å². The molecule has 0 amide bonds. The van der Waals surface area contributed by atoms with Crippen molar-refractivity contribution in [3.05, 3.63) is 63.2 Å². The monoisotopic (exact) mass is 450 g/mol. The third kappa shape index (κ3) is 6.53. The van der Waals surface area contributed by atoms with E-state index in [9.17, 15) is 0 Å². The predicted molar refractivity (Wildman–Crippen MR) is 130 cm³/mol. The summed E-state index contributed by atoms with van der Waals surface area (Å²) in [4.78, 5) is 16.2. The highest BCUT2D eigenvalue weighted by atomic mass is 35.5. The second-order valence-corrected chi connectivity index (χ2v) is 7.79. The lowest BCUT2D eigenvalue weighted by Gasteiger charge is -2.10. The molecule has 2 aromatic heterocycles. The second-order valence-electron chi connectivity index (χ2n) is 6.84. The van der Waals surface area contributed by atoms with E-state index >= 15 is 0 Å². The van der Waals surface area contributed by atoms with Crippen LogP contribution in [0.1, 0.15) is 34.4 Å². The molecule has 0 N–H and O–H groups in total. The normalized spacial score (nSPS) is 10.5. The smallest absolute Gasteiger partial charge is 0.0992 e. The molecule has 0 aliphatic heterocycles. The topological polar surface area (TPSA) is 41.4 Å². The summed E-state index contributed by atoms with van der Waals surface area (Å²) in [5, 5.41) is 3.21. The number of hydrogen-bond donors (Lipinski definition) is 0. The zero-order valence-corrected chi connectivity index (χ0v) is 19.9. The summed E-state index contributed by atoms with van der Waals surface area (Å²) in [6, 6.07) is 10.6. The molecule has 0 radical (unpaired) electrons. The van der Waals surface area contributed by atoms with Gasteiger partial charge < -0.3 is 4.90 Å². The Morgan fingerprint density at radius 1 is 1.07 bits per heavy atom.